The normalized spacial score (nSPS) is 14.6. The van der Waals surface area contributed by atoms with Crippen LogP contribution in [0.2, 0.25) is 0 Å². The van der Waals surface area contributed by atoms with E-state index in [2.05, 4.69) is 38.2 Å². The molecule has 0 N–H and O–H groups in total. The number of ether oxygens (including phenoxy) is 2. The van der Waals surface area contributed by atoms with E-state index in [0.29, 0.717) is 24.1 Å². The zero-order valence-electron chi connectivity index (χ0n) is 27.0. The summed E-state index contributed by atoms with van der Waals surface area (Å²) in [5.74, 6) is -0.358. The number of rotatable bonds is 29. The number of quaternary nitrogens is 1. The Hall–Kier alpha value is -1.02. The molecule has 0 spiro atoms. The Morgan fingerprint density at radius 3 is 2.02 bits per heavy atom. The van der Waals surface area contributed by atoms with Crippen LogP contribution < -0.4 is 4.89 Å². The summed E-state index contributed by atoms with van der Waals surface area (Å²) in [6, 6.07) is 0. The Balaban J connectivity index is 4.20. The highest BCUT2D eigenvalue weighted by Gasteiger charge is 2.20. The first-order chi connectivity index (χ1) is 19.6. The van der Waals surface area contributed by atoms with E-state index in [0.717, 1.165) is 57.8 Å². The van der Waals surface area contributed by atoms with Crippen LogP contribution in [-0.2, 0) is 27.9 Å². The predicted octanol–water partition coefficient (Wildman–Crippen LogP) is 7.52. The lowest BCUT2D eigenvalue weighted by molar-refractivity contribution is -0.870. The number of hydrogen-bond acceptors (Lipinski definition) is 7. The molecule has 0 aromatic carbocycles. The van der Waals surface area contributed by atoms with Gasteiger partial charge in [0.05, 0.1) is 34.4 Å². The molecule has 242 valence electrons. The molecule has 2 unspecified atom stereocenters. The van der Waals surface area contributed by atoms with Crippen molar-refractivity contribution in [2.24, 2.45) is 0 Å². The molecular formula is C32H62NO7P. The Labute approximate surface area is 252 Å². The van der Waals surface area contributed by atoms with Gasteiger partial charge in [-0.15, -0.1) is 0 Å². The first kappa shape index (κ1) is 40.0. The zero-order valence-corrected chi connectivity index (χ0v) is 27.9. The van der Waals surface area contributed by atoms with Crippen LogP contribution in [0.15, 0.2) is 24.3 Å². The smallest absolute Gasteiger partial charge is 0.306 e. The van der Waals surface area contributed by atoms with E-state index in [1.54, 1.807) is 0 Å². The average molecular weight is 604 g/mol. The van der Waals surface area contributed by atoms with Gasteiger partial charge in [-0.1, -0.05) is 95.9 Å². The van der Waals surface area contributed by atoms with Crippen molar-refractivity contribution >= 4 is 13.8 Å². The van der Waals surface area contributed by atoms with Crippen molar-refractivity contribution in [2.45, 2.75) is 123 Å². The molecule has 0 aromatic rings. The minimum Gasteiger partial charge on any atom is -0.756 e. The Morgan fingerprint density at radius 1 is 0.756 bits per heavy atom. The SMILES string of the molecule is CCCC/C=C\C/C=C\CCCCCCCCOCC(COP(=O)([O-])OCC[N+](C)(C)C)OC(=O)CCCCCC. The van der Waals surface area contributed by atoms with Gasteiger partial charge in [-0.05, 0) is 38.5 Å². The number of nitrogens with zero attached hydrogens (tertiary/aromatic N) is 1. The van der Waals surface area contributed by atoms with Crippen LogP contribution in [0, 0.1) is 0 Å². The van der Waals surface area contributed by atoms with Crippen LogP contribution in [0.25, 0.3) is 0 Å². The first-order valence-electron chi connectivity index (χ1n) is 16.1. The number of allylic oxidation sites excluding steroid dienone is 4. The second-order valence-electron chi connectivity index (χ2n) is 11.8. The monoisotopic (exact) mass is 603 g/mol. The number of phosphoric ester groups is 1. The number of esters is 1. The highest BCUT2D eigenvalue weighted by atomic mass is 31.2. The third-order valence-corrected chi connectivity index (χ3v) is 7.47. The van der Waals surface area contributed by atoms with Gasteiger partial charge in [0.2, 0.25) is 0 Å². The molecule has 0 aromatic heterocycles. The molecule has 0 saturated carbocycles. The molecule has 0 aliphatic carbocycles. The third kappa shape index (κ3) is 30.2. The molecule has 2 atom stereocenters. The lowest BCUT2D eigenvalue weighted by atomic mass is 10.1. The molecule has 0 rings (SSSR count). The molecule has 0 fully saturated rings. The second kappa shape index (κ2) is 26.6. The molecule has 0 saturated heterocycles. The summed E-state index contributed by atoms with van der Waals surface area (Å²) in [4.78, 5) is 24.5. The fourth-order valence-electron chi connectivity index (χ4n) is 3.91. The summed E-state index contributed by atoms with van der Waals surface area (Å²) in [6.07, 6.45) is 25.2. The fourth-order valence-corrected chi connectivity index (χ4v) is 4.64. The number of likely N-dealkylation sites (N-methyl/N-ethyl adjacent to an activating group) is 1. The maximum Gasteiger partial charge on any atom is 0.306 e. The highest BCUT2D eigenvalue weighted by molar-refractivity contribution is 7.45. The van der Waals surface area contributed by atoms with Crippen LogP contribution in [-0.4, -0.2) is 70.7 Å². The van der Waals surface area contributed by atoms with Gasteiger partial charge in [-0.25, -0.2) is 0 Å². The molecule has 9 heteroatoms. The van der Waals surface area contributed by atoms with Crippen molar-refractivity contribution in [3.8, 4) is 0 Å². The van der Waals surface area contributed by atoms with Crippen LogP contribution in [0.3, 0.4) is 0 Å². The molecule has 41 heavy (non-hydrogen) atoms. The topological polar surface area (TPSA) is 94.1 Å². The number of unbranched alkanes of at least 4 members (excludes halogenated alkanes) is 11. The van der Waals surface area contributed by atoms with E-state index < -0.39 is 13.9 Å². The summed E-state index contributed by atoms with van der Waals surface area (Å²) in [5, 5.41) is 0. The number of carbonyl (C=O) groups is 1. The second-order valence-corrected chi connectivity index (χ2v) is 13.2. The molecule has 0 bridgehead atoms. The maximum atomic E-state index is 12.3. The highest BCUT2D eigenvalue weighted by Crippen LogP contribution is 2.38. The van der Waals surface area contributed by atoms with Crippen LogP contribution in [0.1, 0.15) is 117 Å². The molecule has 0 radical (unpaired) electrons. The first-order valence-corrected chi connectivity index (χ1v) is 17.5. The molecule has 0 heterocycles. The van der Waals surface area contributed by atoms with Gasteiger partial charge in [0.1, 0.15) is 19.3 Å². The van der Waals surface area contributed by atoms with Crippen molar-refractivity contribution in [1.82, 2.24) is 0 Å². The quantitative estimate of drug-likeness (QED) is 0.0287. The average Bonchev–Trinajstić information content (AvgIpc) is 2.90. The minimum atomic E-state index is -4.50. The predicted molar refractivity (Wildman–Crippen MR) is 167 cm³/mol. The van der Waals surface area contributed by atoms with Gasteiger partial charge in [-0.2, -0.15) is 0 Å². The summed E-state index contributed by atoms with van der Waals surface area (Å²) < 4.78 is 34.0. The maximum absolute atomic E-state index is 12.3. The van der Waals surface area contributed by atoms with E-state index in [-0.39, 0.29) is 25.8 Å². The van der Waals surface area contributed by atoms with Gasteiger partial charge in [0.15, 0.2) is 0 Å². The number of hydrogen-bond donors (Lipinski definition) is 0. The van der Waals surface area contributed by atoms with Gasteiger partial charge in [0.25, 0.3) is 7.82 Å². The van der Waals surface area contributed by atoms with Crippen molar-refractivity contribution in [2.75, 3.05) is 54.1 Å². The van der Waals surface area contributed by atoms with Crippen molar-refractivity contribution < 1.29 is 37.3 Å². The third-order valence-electron chi connectivity index (χ3n) is 6.51. The summed E-state index contributed by atoms with van der Waals surface area (Å²) >= 11 is 0. The number of carbonyl (C=O) groups excluding carboxylic acids is 1. The largest absolute Gasteiger partial charge is 0.756 e. The molecular weight excluding hydrogens is 541 g/mol. The van der Waals surface area contributed by atoms with E-state index in [1.165, 1.54) is 38.5 Å². The van der Waals surface area contributed by atoms with E-state index in [1.807, 2.05) is 21.1 Å². The van der Waals surface area contributed by atoms with E-state index in [9.17, 15) is 14.3 Å². The lowest BCUT2D eigenvalue weighted by Gasteiger charge is -2.28. The summed E-state index contributed by atoms with van der Waals surface area (Å²) in [5.41, 5.74) is 0. The van der Waals surface area contributed by atoms with Gasteiger partial charge in [-0.3, -0.25) is 9.36 Å². The molecule has 0 aliphatic heterocycles. The Bertz CT molecular complexity index is 721. The van der Waals surface area contributed by atoms with E-state index >= 15 is 0 Å². The van der Waals surface area contributed by atoms with Gasteiger partial charge >= 0.3 is 5.97 Å². The van der Waals surface area contributed by atoms with Crippen molar-refractivity contribution in [3.63, 3.8) is 0 Å². The van der Waals surface area contributed by atoms with Crippen LogP contribution in [0.5, 0.6) is 0 Å². The van der Waals surface area contributed by atoms with Crippen molar-refractivity contribution in [1.29, 1.82) is 0 Å². The fraction of sp³-hybridized carbons (Fsp3) is 0.844. The summed E-state index contributed by atoms with van der Waals surface area (Å²) in [6.45, 7) is 5.19. The number of phosphoric acid groups is 1. The van der Waals surface area contributed by atoms with Crippen LogP contribution in [0.4, 0.5) is 0 Å². The Kier molecular flexibility index (Phi) is 25.9. The van der Waals surface area contributed by atoms with Crippen LogP contribution >= 0.6 is 7.82 Å². The summed E-state index contributed by atoms with van der Waals surface area (Å²) in [7, 11) is 1.34. The van der Waals surface area contributed by atoms with Crippen molar-refractivity contribution in [3.05, 3.63) is 24.3 Å². The van der Waals surface area contributed by atoms with Gasteiger partial charge < -0.3 is 27.9 Å². The lowest BCUT2D eigenvalue weighted by Crippen LogP contribution is -2.37. The minimum absolute atomic E-state index is 0.0240. The molecule has 8 nitrogen and oxygen atoms in total. The molecule has 0 aliphatic rings. The Morgan fingerprint density at radius 2 is 1.37 bits per heavy atom. The molecule has 0 amide bonds. The zero-order chi connectivity index (χ0) is 30.7. The van der Waals surface area contributed by atoms with Gasteiger partial charge in [0, 0.05) is 13.0 Å². The van der Waals surface area contributed by atoms with E-state index in [4.69, 9.17) is 18.5 Å². The standard InChI is InChI=1S/C32H62NO7P/c1-6-8-10-12-13-14-15-16-17-18-19-20-21-22-24-27-37-29-31(40-32(34)25-23-11-9-7-2)30-39-41(35,36)38-28-26-33(3,4)5/h12-13,15-16,31H,6-11,14,17-30H2,1-5H3/b13-12-,16-15-.